The lowest BCUT2D eigenvalue weighted by atomic mass is 9.62. The second-order valence-corrected chi connectivity index (χ2v) is 6.73. The van der Waals surface area contributed by atoms with Crippen LogP contribution < -0.4 is 4.74 Å². The summed E-state index contributed by atoms with van der Waals surface area (Å²) in [6, 6.07) is 9.79. The molecule has 0 bridgehead atoms. The van der Waals surface area contributed by atoms with Gasteiger partial charge in [0.25, 0.3) is 0 Å². The summed E-state index contributed by atoms with van der Waals surface area (Å²) in [5.74, 6) is -0.590. The highest BCUT2D eigenvalue weighted by Crippen LogP contribution is 2.47. The molecule has 0 aromatic heterocycles. The predicted molar refractivity (Wildman–Crippen MR) is 89.7 cm³/mol. The first-order valence-electron chi connectivity index (χ1n) is 8.23. The fraction of sp³-hybridized carbons (Fsp3) is 0.579. The molecule has 0 aliphatic carbocycles. The van der Waals surface area contributed by atoms with Gasteiger partial charge in [-0.1, -0.05) is 12.1 Å². The number of nitriles is 1. The second kappa shape index (κ2) is 7.23. The van der Waals surface area contributed by atoms with Crippen LogP contribution in [0.3, 0.4) is 0 Å². The Balaban J connectivity index is 2.51. The van der Waals surface area contributed by atoms with E-state index in [0.717, 1.165) is 11.3 Å². The van der Waals surface area contributed by atoms with Crippen LogP contribution in [0.4, 0.5) is 0 Å². The average Bonchev–Trinajstić information content (AvgIpc) is 2.55. The highest BCUT2D eigenvalue weighted by molar-refractivity contribution is 5.77. The fourth-order valence-corrected chi connectivity index (χ4v) is 3.62. The molecule has 1 heterocycles. The van der Waals surface area contributed by atoms with Gasteiger partial charge in [-0.15, -0.1) is 0 Å². The minimum Gasteiger partial charge on any atom is -0.497 e. The highest BCUT2D eigenvalue weighted by Gasteiger charge is 2.51. The van der Waals surface area contributed by atoms with Gasteiger partial charge in [0.15, 0.2) is 5.92 Å². The molecule has 0 N–H and O–H groups in total. The Hall–Kier alpha value is -2.06. The van der Waals surface area contributed by atoms with Crippen molar-refractivity contribution in [3.05, 3.63) is 29.8 Å². The first kappa shape index (κ1) is 18.3. The van der Waals surface area contributed by atoms with E-state index in [1.165, 1.54) is 0 Å². The summed E-state index contributed by atoms with van der Waals surface area (Å²) in [6.45, 7) is 6.49. The number of methoxy groups -OCH3 is 1. The van der Waals surface area contributed by atoms with Crippen molar-refractivity contribution in [1.29, 1.82) is 5.26 Å². The number of carbonyl (C=O) groups is 1. The number of carbonyl (C=O) groups excluding carboxylic acids is 1. The zero-order valence-electron chi connectivity index (χ0n) is 14.8. The van der Waals surface area contributed by atoms with Gasteiger partial charge in [0.1, 0.15) is 5.75 Å². The SMILES string of the molecule is CCOC(=O)[C@@H](C#N)[C@]1(c2ccc(OC)cc2)CCOC(C)(C)C1. The molecule has 0 radical (unpaired) electrons. The molecule has 24 heavy (non-hydrogen) atoms. The Labute approximate surface area is 143 Å². The number of nitrogens with zero attached hydrogens (tertiary/aromatic N) is 1. The van der Waals surface area contributed by atoms with Crippen LogP contribution in [0.5, 0.6) is 5.75 Å². The second-order valence-electron chi connectivity index (χ2n) is 6.73. The van der Waals surface area contributed by atoms with Crippen LogP contribution >= 0.6 is 0 Å². The largest absolute Gasteiger partial charge is 0.497 e. The molecule has 5 nitrogen and oxygen atoms in total. The normalized spacial score (nSPS) is 23.8. The summed E-state index contributed by atoms with van der Waals surface area (Å²) in [5.41, 5.74) is -0.103. The van der Waals surface area contributed by atoms with Crippen LogP contribution in [-0.4, -0.2) is 31.9 Å². The molecular weight excluding hydrogens is 306 g/mol. The quantitative estimate of drug-likeness (QED) is 0.775. The van der Waals surface area contributed by atoms with E-state index in [9.17, 15) is 10.1 Å². The first-order chi connectivity index (χ1) is 11.4. The molecule has 1 aliphatic heterocycles. The van der Waals surface area contributed by atoms with Crippen molar-refractivity contribution in [2.24, 2.45) is 5.92 Å². The van der Waals surface area contributed by atoms with Crippen molar-refractivity contribution < 1.29 is 19.0 Å². The number of hydrogen-bond donors (Lipinski definition) is 0. The molecule has 0 saturated carbocycles. The van der Waals surface area contributed by atoms with Gasteiger partial charge in [0, 0.05) is 12.0 Å². The first-order valence-corrected chi connectivity index (χ1v) is 8.23. The molecule has 2 rings (SSSR count). The summed E-state index contributed by atoms with van der Waals surface area (Å²) in [4.78, 5) is 12.5. The monoisotopic (exact) mass is 331 g/mol. The standard InChI is InChI=1S/C19H25NO4/c1-5-23-17(21)16(12-20)19(10-11-24-18(2,3)13-19)14-6-8-15(22-4)9-7-14/h6-9,16H,5,10-11,13H2,1-4H3/t16-,19-/m1/s1. The Bertz CT molecular complexity index is 617. The molecule has 1 aromatic carbocycles. The third-order valence-corrected chi connectivity index (χ3v) is 4.65. The molecule has 1 aliphatic rings. The lowest BCUT2D eigenvalue weighted by molar-refractivity contribution is -0.153. The minimum absolute atomic E-state index is 0.260. The van der Waals surface area contributed by atoms with Crippen LogP contribution in [0.1, 0.15) is 39.2 Å². The van der Waals surface area contributed by atoms with Crippen LogP contribution in [0.25, 0.3) is 0 Å². The van der Waals surface area contributed by atoms with E-state index in [4.69, 9.17) is 14.2 Å². The van der Waals surface area contributed by atoms with Gasteiger partial charge in [0.05, 0.1) is 25.4 Å². The third-order valence-electron chi connectivity index (χ3n) is 4.65. The molecule has 130 valence electrons. The van der Waals surface area contributed by atoms with Crippen LogP contribution in [0.15, 0.2) is 24.3 Å². The maximum atomic E-state index is 12.5. The van der Waals surface area contributed by atoms with Gasteiger partial charge in [0.2, 0.25) is 0 Å². The molecule has 5 heteroatoms. The van der Waals surface area contributed by atoms with Gasteiger partial charge in [-0.3, -0.25) is 4.79 Å². The highest BCUT2D eigenvalue weighted by atomic mass is 16.5. The minimum atomic E-state index is -0.867. The van der Waals surface area contributed by atoms with E-state index in [0.29, 0.717) is 19.4 Å². The maximum absolute atomic E-state index is 12.5. The molecule has 0 spiro atoms. The number of rotatable bonds is 5. The summed E-state index contributed by atoms with van der Waals surface area (Å²) < 4.78 is 16.2. The van der Waals surface area contributed by atoms with Gasteiger partial charge in [-0.2, -0.15) is 5.26 Å². The zero-order chi connectivity index (χ0) is 17.8. The summed E-state index contributed by atoms with van der Waals surface area (Å²) in [5, 5.41) is 9.76. The molecule has 2 atom stereocenters. The lowest BCUT2D eigenvalue weighted by Gasteiger charge is -2.46. The number of ether oxygens (including phenoxy) is 3. The summed E-state index contributed by atoms with van der Waals surface area (Å²) in [7, 11) is 1.61. The van der Waals surface area contributed by atoms with E-state index in [1.807, 2.05) is 38.1 Å². The van der Waals surface area contributed by atoms with Crippen LogP contribution in [0.2, 0.25) is 0 Å². The summed E-state index contributed by atoms with van der Waals surface area (Å²) >= 11 is 0. The topological polar surface area (TPSA) is 68.6 Å². The van der Waals surface area contributed by atoms with E-state index in [2.05, 4.69) is 6.07 Å². The third kappa shape index (κ3) is 3.54. The maximum Gasteiger partial charge on any atom is 0.324 e. The molecule has 1 saturated heterocycles. The molecular formula is C19H25NO4. The zero-order valence-corrected chi connectivity index (χ0v) is 14.8. The van der Waals surface area contributed by atoms with Crippen molar-refractivity contribution in [2.45, 2.75) is 44.6 Å². The molecule has 0 amide bonds. The van der Waals surface area contributed by atoms with Gasteiger partial charge in [-0.05, 0) is 51.3 Å². The van der Waals surface area contributed by atoms with E-state index >= 15 is 0 Å². The van der Waals surface area contributed by atoms with Crippen molar-refractivity contribution in [2.75, 3.05) is 20.3 Å². The fourth-order valence-electron chi connectivity index (χ4n) is 3.62. The molecule has 0 unspecified atom stereocenters. The summed E-state index contributed by atoms with van der Waals surface area (Å²) in [6.07, 6.45) is 1.17. The van der Waals surface area contributed by atoms with Crippen molar-refractivity contribution >= 4 is 5.97 Å². The predicted octanol–water partition coefficient (Wildman–Crippen LogP) is 3.22. The Morgan fingerprint density at radius 3 is 2.54 bits per heavy atom. The smallest absolute Gasteiger partial charge is 0.324 e. The van der Waals surface area contributed by atoms with E-state index in [-0.39, 0.29) is 6.61 Å². The number of hydrogen-bond acceptors (Lipinski definition) is 5. The van der Waals surface area contributed by atoms with Gasteiger partial charge in [-0.25, -0.2) is 0 Å². The van der Waals surface area contributed by atoms with Crippen molar-refractivity contribution in [3.63, 3.8) is 0 Å². The van der Waals surface area contributed by atoms with E-state index in [1.54, 1.807) is 14.0 Å². The number of esters is 1. The van der Waals surface area contributed by atoms with Crippen LogP contribution in [-0.2, 0) is 19.7 Å². The number of benzene rings is 1. The van der Waals surface area contributed by atoms with Gasteiger partial charge < -0.3 is 14.2 Å². The Kier molecular flexibility index (Phi) is 5.51. The van der Waals surface area contributed by atoms with E-state index < -0.39 is 22.9 Å². The van der Waals surface area contributed by atoms with Crippen molar-refractivity contribution in [3.8, 4) is 11.8 Å². The van der Waals surface area contributed by atoms with Crippen molar-refractivity contribution in [1.82, 2.24) is 0 Å². The average molecular weight is 331 g/mol. The lowest BCUT2D eigenvalue weighted by Crippen LogP contribution is -2.50. The Morgan fingerprint density at radius 2 is 2.04 bits per heavy atom. The Morgan fingerprint density at radius 1 is 1.38 bits per heavy atom. The molecule has 1 aromatic rings. The molecule has 1 fully saturated rings. The van der Waals surface area contributed by atoms with Gasteiger partial charge >= 0.3 is 5.97 Å². The van der Waals surface area contributed by atoms with Crippen LogP contribution in [0, 0.1) is 17.2 Å².